The first kappa shape index (κ1) is 14.0. The average Bonchev–Trinajstić information content (AvgIpc) is 2.53. The van der Waals surface area contributed by atoms with Crippen molar-refractivity contribution < 1.29 is 9.47 Å². The summed E-state index contributed by atoms with van der Waals surface area (Å²) in [6.45, 7) is 6.35. The average molecular weight is 283 g/mol. The molecule has 3 rings (SSSR count). The molecule has 1 aliphatic heterocycles. The van der Waals surface area contributed by atoms with Crippen molar-refractivity contribution >= 4 is 0 Å². The first-order valence-corrected chi connectivity index (χ1v) is 7.42. The Hall–Kier alpha value is -2.00. The summed E-state index contributed by atoms with van der Waals surface area (Å²) in [7, 11) is 0. The van der Waals surface area contributed by atoms with Crippen molar-refractivity contribution in [3.05, 3.63) is 59.2 Å². The fourth-order valence-corrected chi connectivity index (χ4v) is 2.72. The van der Waals surface area contributed by atoms with Crippen LogP contribution in [-0.2, 0) is 6.54 Å². The van der Waals surface area contributed by atoms with Crippen molar-refractivity contribution in [1.29, 1.82) is 0 Å². The number of para-hydroxylation sites is 1. The van der Waals surface area contributed by atoms with Gasteiger partial charge in [0.2, 0.25) is 0 Å². The minimum Gasteiger partial charge on any atom is -0.486 e. The largest absolute Gasteiger partial charge is 0.486 e. The summed E-state index contributed by atoms with van der Waals surface area (Å²) in [5, 5.41) is 3.57. The predicted octanol–water partition coefficient (Wildman–Crippen LogP) is 3.62. The Morgan fingerprint density at radius 1 is 1.05 bits per heavy atom. The summed E-state index contributed by atoms with van der Waals surface area (Å²) in [4.78, 5) is 0. The molecule has 1 heterocycles. The first-order chi connectivity index (χ1) is 10.3. The van der Waals surface area contributed by atoms with Gasteiger partial charge in [-0.1, -0.05) is 36.4 Å². The highest BCUT2D eigenvalue weighted by molar-refractivity contribution is 5.47. The molecule has 0 bridgehead atoms. The Labute approximate surface area is 125 Å². The van der Waals surface area contributed by atoms with Crippen LogP contribution in [0.25, 0.3) is 0 Å². The van der Waals surface area contributed by atoms with E-state index in [1.807, 2.05) is 12.1 Å². The second-order valence-electron chi connectivity index (χ2n) is 5.40. The number of ether oxygens (including phenoxy) is 2. The van der Waals surface area contributed by atoms with Crippen LogP contribution in [-0.4, -0.2) is 13.2 Å². The highest BCUT2D eigenvalue weighted by atomic mass is 16.6. The van der Waals surface area contributed by atoms with E-state index in [2.05, 4.69) is 49.5 Å². The molecule has 0 amide bonds. The maximum absolute atomic E-state index is 5.75. The van der Waals surface area contributed by atoms with Crippen molar-refractivity contribution in [2.45, 2.75) is 26.4 Å². The van der Waals surface area contributed by atoms with Crippen LogP contribution in [0.15, 0.2) is 42.5 Å². The van der Waals surface area contributed by atoms with Crippen molar-refractivity contribution in [2.75, 3.05) is 13.2 Å². The lowest BCUT2D eigenvalue weighted by Gasteiger charge is -2.22. The minimum atomic E-state index is 0.298. The number of nitrogens with one attached hydrogen (secondary N) is 1. The fourth-order valence-electron chi connectivity index (χ4n) is 2.72. The lowest BCUT2D eigenvalue weighted by molar-refractivity contribution is 0.169. The third-order valence-electron chi connectivity index (χ3n) is 3.90. The molecule has 1 atom stereocenters. The van der Waals surface area contributed by atoms with Crippen LogP contribution < -0.4 is 14.8 Å². The zero-order valence-corrected chi connectivity index (χ0v) is 12.6. The molecule has 110 valence electrons. The van der Waals surface area contributed by atoms with E-state index in [-0.39, 0.29) is 0 Å². The summed E-state index contributed by atoms with van der Waals surface area (Å²) < 4.78 is 11.4. The van der Waals surface area contributed by atoms with Gasteiger partial charge in [0.1, 0.15) is 13.2 Å². The quantitative estimate of drug-likeness (QED) is 0.929. The Morgan fingerprint density at radius 3 is 2.71 bits per heavy atom. The Morgan fingerprint density at radius 2 is 1.86 bits per heavy atom. The molecular weight excluding hydrogens is 262 g/mol. The molecule has 0 spiro atoms. The molecule has 0 fully saturated rings. The molecule has 1 aliphatic rings. The number of hydrogen-bond acceptors (Lipinski definition) is 3. The van der Waals surface area contributed by atoms with Gasteiger partial charge in [-0.05, 0) is 31.0 Å². The Kier molecular flexibility index (Phi) is 4.11. The van der Waals surface area contributed by atoms with Gasteiger partial charge in [0, 0.05) is 18.2 Å². The van der Waals surface area contributed by atoms with Gasteiger partial charge in [-0.15, -0.1) is 0 Å². The van der Waals surface area contributed by atoms with Crippen LogP contribution in [0.3, 0.4) is 0 Å². The van der Waals surface area contributed by atoms with E-state index >= 15 is 0 Å². The molecule has 1 N–H and O–H groups in total. The molecule has 2 aromatic carbocycles. The number of rotatable bonds is 4. The van der Waals surface area contributed by atoms with Gasteiger partial charge in [-0.3, -0.25) is 0 Å². The zero-order valence-electron chi connectivity index (χ0n) is 12.6. The van der Waals surface area contributed by atoms with Gasteiger partial charge in [0.15, 0.2) is 11.5 Å². The van der Waals surface area contributed by atoms with E-state index in [9.17, 15) is 0 Å². The van der Waals surface area contributed by atoms with Crippen LogP contribution in [0.5, 0.6) is 11.5 Å². The Balaban J connectivity index is 1.72. The molecule has 3 nitrogen and oxygen atoms in total. The summed E-state index contributed by atoms with van der Waals surface area (Å²) in [6, 6.07) is 14.8. The van der Waals surface area contributed by atoms with Gasteiger partial charge in [-0.25, -0.2) is 0 Å². The molecule has 0 radical (unpaired) electrons. The molecule has 3 heteroatoms. The molecular formula is C18H21NO2. The number of aryl methyl sites for hydroxylation is 1. The number of fused-ring (bicyclic) bond motifs is 1. The van der Waals surface area contributed by atoms with Crippen LogP contribution in [0, 0.1) is 6.92 Å². The zero-order chi connectivity index (χ0) is 14.7. The van der Waals surface area contributed by atoms with Crippen LogP contribution in [0.1, 0.15) is 29.7 Å². The highest BCUT2D eigenvalue weighted by Crippen LogP contribution is 2.33. The summed E-state index contributed by atoms with van der Waals surface area (Å²) in [6.07, 6.45) is 0. The van der Waals surface area contributed by atoms with E-state index in [1.54, 1.807) is 0 Å². The minimum absolute atomic E-state index is 0.298. The van der Waals surface area contributed by atoms with E-state index in [0.717, 1.165) is 23.6 Å². The molecule has 0 aromatic heterocycles. The lowest BCUT2D eigenvalue weighted by atomic mass is 10.0. The second-order valence-corrected chi connectivity index (χ2v) is 5.40. The predicted molar refractivity (Wildman–Crippen MR) is 83.9 cm³/mol. The topological polar surface area (TPSA) is 30.5 Å². The normalized spacial score (nSPS) is 14.8. The monoisotopic (exact) mass is 283 g/mol. The third-order valence-corrected chi connectivity index (χ3v) is 3.90. The van der Waals surface area contributed by atoms with E-state index in [1.165, 1.54) is 11.1 Å². The molecule has 0 aliphatic carbocycles. The van der Waals surface area contributed by atoms with Gasteiger partial charge in [0.05, 0.1) is 0 Å². The standard InChI is InChI=1S/C18H21NO2/c1-13-6-3-4-8-16(13)14(2)19-12-15-7-5-9-17-18(15)21-11-10-20-17/h3-9,14,19H,10-12H2,1-2H3. The molecule has 1 unspecified atom stereocenters. The SMILES string of the molecule is Cc1ccccc1C(C)NCc1cccc2c1OCCO2. The fraction of sp³-hybridized carbons (Fsp3) is 0.333. The van der Waals surface area contributed by atoms with Crippen LogP contribution >= 0.6 is 0 Å². The lowest BCUT2D eigenvalue weighted by Crippen LogP contribution is -2.21. The maximum Gasteiger partial charge on any atom is 0.165 e. The smallest absolute Gasteiger partial charge is 0.165 e. The van der Waals surface area contributed by atoms with Crippen molar-refractivity contribution in [1.82, 2.24) is 5.32 Å². The van der Waals surface area contributed by atoms with E-state index < -0.39 is 0 Å². The highest BCUT2D eigenvalue weighted by Gasteiger charge is 2.16. The van der Waals surface area contributed by atoms with Crippen LogP contribution in [0.2, 0.25) is 0 Å². The summed E-state index contributed by atoms with van der Waals surface area (Å²) in [5.74, 6) is 1.73. The summed E-state index contributed by atoms with van der Waals surface area (Å²) >= 11 is 0. The molecule has 0 saturated carbocycles. The van der Waals surface area contributed by atoms with E-state index in [4.69, 9.17) is 9.47 Å². The Bertz CT molecular complexity index is 624. The molecule has 0 saturated heterocycles. The van der Waals surface area contributed by atoms with Gasteiger partial charge in [0.25, 0.3) is 0 Å². The first-order valence-electron chi connectivity index (χ1n) is 7.42. The third kappa shape index (κ3) is 3.03. The maximum atomic E-state index is 5.75. The van der Waals surface area contributed by atoms with Gasteiger partial charge < -0.3 is 14.8 Å². The van der Waals surface area contributed by atoms with E-state index in [0.29, 0.717) is 19.3 Å². The second kappa shape index (κ2) is 6.19. The molecule has 21 heavy (non-hydrogen) atoms. The van der Waals surface area contributed by atoms with Crippen molar-refractivity contribution in [3.8, 4) is 11.5 Å². The molecule has 2 aromatic rings. The number of hydrogen-bond donors (Lipinski definition) is 1. The van der Waals surface area contributed by atoms with Crippen molar-refractivity contribution in [3.63, 3.8) is 0 Å². The van der Waals surface area contributed by atoms with Gasteiger partial charge in [-0.2, -0.15) is 0 Å². The number of benzene rings is 2. The van der Waals surface area contributed by atoms with Gasteiger partial charge >= 0.3 is 0 Å². The van der Waals surface area contributed by atoms with Crippen molar-refractivity contribution in [2.24, 2.45) is 0 Å². The summed E-state index contributed by atoms with van der Waals surface area (Å²) in [5.41, 5.74) is 3.79. The van der Waals surface area contributed by atoms with Crippen LogP contribution in [0.4, 0.5) is 0 Å².